The van der Waals surface area contributed by atoms with Gasteiger partial charge < -0.3 is 11.5 Å². The minimum Gasteiger partial charge on any atom is -0.330 e. The van der Waals surface area contributed by atoms with Gasteiger partial charge in [-0.05, 0) is 25.8 Å². The molecule has 2 heteroatoms. The summed E-state index contributed by atoms with van der Waals surface area (Å²) in [5.74, 6) is 0. The zero-order valence-corrected chi connectivity index (χ0v) is 14.0. The van der Waals surface area contributed by atoms with Gasteiger partial charge in [-0.25, -0.2) is 0 Å². The number of nitrogens with two attached hydrogens (primary N) is 2. The molecule has 0 aromatic carbocycles. The van der Waals surface area contributed by atoms with E-state index >= 15 is 0 Å². The molecule has 0 spiro atoms. The van der Waals surface area contributed by atoms with Crippen molar-refractivity contribution in [1.29, 1.82) is 0 Å². The molecule has 0 aliphatic heterocycles. The fraction of sp³-hybridized carbons (Fsp3) is 1.00. The van der Waals surface area contributed by atoms with Gasteiger partial charge in [0.15, 0.2) is 0 Å². The summed E-state index contributed by atoms with van der Waals surface area (Å²) in [4.78, 5) is 0. The number of hydrogen-bond acceptors (Lipinski definition) is 2. The van der Waals surface area contributed by atoms with Crippen molar-refractivity contribution >= 4 is 0 Å². The van der Waals surface area contributed by atoms with E-state index in [-0.39, 0.29) is 0 Å². The van der Waals surface area contributed by atoms with Gasteiger partial charge in [0, 0.05) is 6.04 Å². The first kappa shape index (κ1) is 19.9. The van der Waals surface area contributed by atoms with Crippen LogP contribution in [-0.2, 0) is 0 Å². The number of hydrogen-bond donors (Lipinski definition) is 2. The number of rotatable bonds is 9. The summed E-state index contributed by atoms with van der Waals surface area (Å²) in [5, 5.41) is 0. The summed E-state index contributed by atoms with van der Waals surface area (Å²) in [7, 11) is 0. The quantitative estimate of drug-likeness (QED) is 0.455. The highest BCUT2D eigenvalue weighted by Gasteiger charge is 2.05. The molecule has 0 aromatic rings. The molecule has 2 nitrogen and oxygen atoms in total. The van der Waals surface area contributed by atoms with E-state index in [9.17, 15) is 0 Å². The molecule has 0 bridgehead atoms. The molecule has 0 saturated heterocycles. The van der Waals surface area contributed by atoms with Crippen LogP contribution >= 0.6 is 0 Å². The van der Waals surface area contributed by atoms with Gasteiger partial charge in [-0.2, -0.15) is 0 Å². The van der Waals surface area contributed by atoms with E-state index < -0.39 is 0 Å². The summed E-state index contributed by atoms with van der Waals surface area (Å²) < 4.78 is 0. The summed E-state index contributed by atoms with van der Waals surface area (Å²) in [6.45, 7) is 3.14. The average molecular weight is 285 g/mol. The van der Waals surface area contributed by atoms with Crippen molar-refractivity contribution in [2.75, 3.05) is 6.54 Å². The first-order valence-electron chi connectivity index (χ1n) is 9.27. The Morgan fingerprint density at radius 2 is 1.15 bits per heavy atom. The summed E-state index contributed by atoms with van der Waals surface area (Å²) in [6, 6.07) is 0.525. The molecule has 0 atom stereocenters. The Morgan fingerprint density at radius 3 is 1.60 bits per heavy atom. The van der Waals surface area contributed by atoms with Gasteiger partial charge in [0.25, 0.3) is 0 Å². The van der Waals surface area contributed by atoms with Crippen LogP contribution in [0.4, 0.5) is 0 Å². The van der Waals surface area contributed by atoms with Gasteiger partial charge in [-0.3, -0.25) is 0 Å². The van der Waals surface area contributed by atoms with Crippen molar-refractivity contribution in [1.82, 2.24) is 0 Å². The summed E-state index contributed by atoms with van der Waals surface area (Å²) in [5.41, 5.74) is 11.1. The molecule has 0 amide bonds. The Kier molecular flexibility index (Phi) is 16.9. The molecule has 0 radical (unpaired) electrons. The second-order valence-electron chi connectivity index (χ2n) is 6.37. The summed E-state index contributed by atoms with van der Waals surface area (Å²) in [6.07, 6.45) is 20.5. The van der Waals surface area contributed by atoms with E-state index in [1.54, 1.807) is 0 Å². The first-order chi connectivity index (χ1) is 9.81. The molecular weight excluding hydrogens is 244 g/mol. The molecule has 122 valence electrons. The molecule has 4 N–H and O–H groups in total. The molecule has 1 fully saturated rings. The standard InChI is InChI=1S/C11H25N.C7H15N/c1-2-3-4-5-6-7-8-9-10-11-12;8-7-5-3-1-2-4-6-7/h2-12H2,1H3;7H,1-6,8H2. The second kappa shape index (κ2) is 17.0. The Labute approximate surface area is 128 Å². The minimum absolute atomic E-state index is 0.525. The lowest BCUT2D eigenvalue weighted by atomic mass is 10.1. The third kappa shape index (κ3) is 16.0. The molecule has 1 saturated carbocycles. The smallest absolute Gasteiger partial charge is 0.00388 e. The van der Waals surface area contributed by atoms with Gasteiger partial charge in [0.05, 0.1) is 0 Å². The van der Waals surface area contributed by atoms with Crippen LogP contribution in [0.2, 0.25) is 0 Å². The molecule has 0 aromatic heterocycles. The van der Waals surface area contributed by atoms with Gasteiger partial charge in [-0.1, -0.05) is 84.0 Å². The monoisotopic (exact) mass is 284 g/mol. The molecule has 0 unspecified atom stereocenters. The normalized spacial score (nSPS) is 16.4. The Bertz CT molecular complexity index is 153. The van der Waals surface area contributed by atoms with E-state index in [1.807, 2.05) is 0 Å². The molecular formula is C18H40N2. The van der Waals surface area contributed by atoms with Crippen molar-refractivity contribution in [2.24, 2.45) is 11.5 Å². The SMILES string of the molecule is CCCCCCCCCCCN.NC1CCCCCC1. The highest BCUT2D eigenvalue weighted by Crippen LogP contribution is 2.15. The Balaban J connectivity index is 0.000000388. The predicted molar refractivity (Wildman–Crippen MR) is 92.0 cm³/mol. The van der Waals surface area contributed by atoms with Crippen molar-refractivity contribution in [3.05, 3.63) is 0 Å². The lowest BCUT2D eigenvalue weighted by Crippen LogP contribution is -2.17. The van der Waals surface area contributed by atoms with Crippen LogP contribution in [0.5, 0.6) is 0 Å². The van der Waals surface area contributed by atoms with Crippen LogP contribution in [-0.4, -0.2) is 12.6 Å². The molecule has 0 heterocycles. The topological polar surface area (TPSA) is 52.0 Å². The van der Waals surface area contributed by atoms with Crippen molar-refractivity contribution in [3.8, 4) is 0 Å². The number of unbranched alkanes of at least 4 members (excludes halogenated alkanes) is 8. The van der Waals surface area contributed by atoms with E-state index in [0.29, 0.717) is 6.04 Å². The van der Waals surface area contributed by atoms with Gasteiger partial charge in [0.2, 0.25) is 0 Å². The van der Waals surface area contributed by atoms with Crippen LogP contribution < -0.4 is 11.5 Å². The fourth-order valence-electron chi connectivity index (χ4n) is 2.77. The van der Waals surface area contributed by atoms with Gasteiger partial charge in [-0.15, -0.1) is 0 Å². The Morgan fingerprint density at radius 1 is 0.700 bits per heavy atom. The van der Waals surface area contributed by atoms with Crippen LogP contribution in [0.25, 0.3) is 0 Å². The zero-order chi connectivity index (χ0) is 14.9. The van der Waals surface area contributed by atoms with Gasteiger partial charge >= 0.3 is 0 Å². The summed E-state index contributed by atoms with van der Waals surface area (Å²) >= 11 is 0. The maximum Gasteiger partial charge on any atom is 0.00388 e. The van der Waals surface area contributed by atoms with E-state index in [2.05, 4.69) is 6.92 Å². The molecule has 20 heavy (non-hydrogen) atoms. The lowest BCUT2D eigenvalue weighted by molar-refractivity contribution is 0.567. The fourth-order valence-corrected chi connectivity index (χ4v) is 2.77. The third-order valence-electron chi connectivity index (χ3n) is 4.21. The minimum atomic E-state index is 0.525. The largest absolute Gasteiger partial charge is 0.330 e. The molecule has 1 rings (SSSR count). The van der Waals surface area contributed by atoms with Crippen molar-refractivity contribution in [3.63, 3.8) is 0 Å². The van der Waals surface area contributed by atoms with Crippen LogP contribution in [0.1, 0.15) is 103 Å². The van der Waals surface area contributed by atoms with Crippen LogP contribution in [0.15, 0.2) is 0 Å². The van der Waals surface area contributed by atoms with Crippen LogP contribution in [0.3, 0.4) is 0 Å². The maximum atomic E-state index is 5.73. The van der Waals surface area contributed by atoms with E-state index in [0.717, 1.165) is 6.54 Å². The molecule has 1 aliphatic carbocycles. The lowest BCUT2D eigenvalue weighted by Gasteiger charge is -2.03. The highest BCUT2D eigenvalue weighted by atomic mass is 14.6. The van der Waals surface area contributed by atoms with Crippen LogP contribution in [0, 0.1) is 0 Å². The van der Waals surface area contributed by atoms with Gasteiger partial charge in [0.1, 0.15) is 0 Å². The third-order valence-corrected chi connectivity index (χ3v) is 4.21. The zero-order valence-electron chi connectivity index (χ0n) is 14.0. The molecule has 1 aliphatic rings. The van der Waals surface area contributed by atoms with Crippen molar-refractivity contribution < 1.29 is 0 Å². The average Bonchev–Trinajstić information content (AvgIpc) is 2.70. The van der Waals surface area contributed by atoms with Crippen molar-refractivity contribution in [2.45, 2.75) is 109 Å². The maximum absolute atomic E-state index is 5.73. The van der Waals surface area contributed by atoms with E-state index in [1.165, 1.54) is 96.3 Å². The predicted octanol–water partition coefficient (Wildman–Crippen LogP) is 5.14. The first-order valence-corrected chi connectivity index (χ1v) is 9.27. The highest BCUT2D eigenvalue weighted by molar-refractivity contribution is 4.65. The van der Waals surface area contributed by atoms with E-state index in [4.69, 9.17) is 11.5 Å². The Hall–Kier alpha value is -0.0800. The second-order valence-corrected chi connectivity index (χ2v) is 6.37.